The average Bonchev–Trinajstić information content (AvgIpc) is 2.41. The molecule has 0 saturated heterocycles. The first kappa shape index (κ1) is 15.7. The Morgan fingerprint density at radius 1 is 1.16 bits per heavy atom. The summed E-state index contributed by atoms with van der Waals surface area (Å²) >= 11 is 0. The lowest BCUT2D eigenvalue weighted by molar-refractivity contribution is 0.305. The van der Waals surface area contributed by atoms with Crippen molar-refractivity contribution in [1.82, 2.24) is 4.31 Å². The summed E-state index contributed by atoms with van der Waals surface area (Å²) in [6, 6.07) is 6.49. The maximum absolute atomic E-state index is 12.2. The Labute approximate surface area is 115 Å². The fraction of sp³-hybridized carbons (Fsp3) is 0.429. The molecule has 0 aromatic heterocycles. The molecule has 0 amide bonds. The summed E-state index contributed by atoms with van der Waals surface area (Å²) in [7, 11) is -3.40. The van der Waals surface area contributed by atoms with Crippen LogP contribution in [0.25, 0.3) is 0 Å². The van der Waals surface area contributed by atoms with Gasteiger partial charge in [0.25, 0.3) is 0 Å². The Kier molecular flexibility index (Phi) is 6.03. The number of nitrogens with zero attached hydrogens (tertiary/aromatic N) is 1. The van der Waals surface area contributed by atoms with Crippen LogP contribution >= 0.6 is 0 Å². The summed E-state index contributed by atoms with van der Waals surface area (Å²) in [5.74, 6) is 5.66. The molecule has 0 bridgehead atoms. The van der Waals surface area contributed by atoms with Crippen LogP contribution in [0.2, 0.25) is 0 Å². The maximum atomic E-state index is 12.2. The zero-order valence-corrected chi connectivity index (χ0v) is 12.1. The van der Waals surface area contributed by atoms with Crippen LogP contribution < -0.4 is 0 Å². The van der Waals surface area contributed by atoms with Crippen molar-refractivity contribution in [2.75, 3.05) is 19.7 Å². The maximum Gasteiger partial charge on any atom is 0.243 e. The molecule has 5 heteroatoms. The van der Waals surface area contributed by atoms with Crippen molar-refractivity contribution in [3.05, 3.63) is 29.8 Å². The Morgan fingerprint density at radius 3 is 2.21 bits per heavy atom. The summed E-state index contributed by atoms with van der Waals surface area (Å²) in [4.78, 5) is 0.281. The summed E-state index contributed by atoms with van der Waals surface area (Å²) in [5.41, 5.74) is 0.743. The fourth-order valence-electron chi connectivity index (χ4n) is 1.64. The van der Waals surface area contributed by atoms with Crippen LogP contribution in [0.3, 0.4) is 0 Å². The number of hydrogen-bond donors (Lipinski definition) is 1. The van der Waals surface area contributed by atoms with E-state index in [1.54, 1.807) is 24.3 Å². The minimum absolute atomic E-state index is 0.0292. The topological polar surface area (TPSA) is 57.6 Å². The van der Waals surface area contributed by atoms with Crippen LogP contribution in [-0.2, 0) is 10.0 Å². The second-order valence-corrected chi connectivity index (χ2v) is 5.83. The Bertz CT molecular complexity index is 549. The molecule has 0 aliphatic rings. The molecule has 0 aliphatic heterocycles. The van der Waals surface area contributed by atoms with E-state index in [9.17, 15) is 8.42 Å². The van der Waals surface area contributed by atoms with E-state index in [1.807, 2.05) is 13.8 Å². The molecule has 0 radical (unpaired) electrons. The van der Waals surface area contributed by atoms with E-state index < -0.39 is 10.0 Å². The van der Waals surface area contributed by atoms with Crippen LogP contribution in [0.1, 0.15) is 25.8 Å². The third-order valence-corrected chi connectivity index (χ3v) is 4.73. The second kappa shape index (κ2) is 7.29. The minimum atomic E-state index is -3.40. The van der Waals surface area contributed by atoms with Crippen LogP contribution in [0.15, 0.2) is 29.2 Å². The van der Waals surface area contributed by atoms with Crippen LogP contribution in [0, 0.1) is 11.8 Å². The van der Waals surface area contributed by atoms with E-state index in [2.05, 4.69) is 11.8 Å². The van der Waals surface area contributed by atoms with Crippen molar-refractivity contribution in [2.45, 2.75) is 25.2 Å². The summed E-state index contributed by atoms with van der Waals surface area (Å²) in [6.07, 6.45) is 0.416. The average molecular weight is 281 g/mol. The van der Waals surface area contributed by atoms with E-state index >= 15 is 0 Å². The van der Waals surface area contributed by atoms with Gasteiger partial charge in [0.1, 0.15) is 0 Å². The second-order valence-electron chi connectivity index (χ2n) is 3.89. The first-order chi connectivity index (χ1) is 9.06. The molecule has 1 rings (SSSR count). The van der Waals surface area contributed by atoms with Gasteiger partial charge in [0.2, 0.25) is 10.0 Å². The van der Waals surface area contributed by atoms with Gasteiger partial charge >= 0.3 is 0 Å². The van der Waals surface area contributed by atoms with Gasteiger partial charge in [0, 0.05) is 25.1 Å². The lowest BCUT2D eigenvalue weighted by atomic mass is 10.2. The number of aliphatic hydroxyl groups is 1. The molecule has 1 N–H and O–H groups in total. The smallest absolute Gasteiger partial charge is 0.243 e. The predicted molar refractivity (Wildman–Crippen MR) is 75.1 cm³/mol. The SMILES string of the molecule is CCN(CC)S(=O)(=O)c1ccc(C#CCCO)cc1. The molecule has 4 nitrogen and oxygen atoms in total. The van der Waals surface area contributed by atoms with Crippen molar-refractivity contribution in [3.63, 3.8) is 0 Å². The molecule has 0 spiro atoms. The predicted octanol–water partition coefficient (Wildman–Crippen LogP) is 1.45. The highest BCUT2D eigenvalue weighted by Crippen LogP contribution is 2.15. The van der Waals surface area contributed by atoms with E-state index in [0.717, 1.165) is 5.56 Å². The standard InChI is InChI=1S/C14H19NO3S/c1-3-15(4-2)19(17,18)14-10-8-13(9-11-14)7-5-6-12-16/h8-11,16H,3-4,6,12H2,1-2H3. The first-order valence-electron chi connectivity index (χ1n) is 6.26. The van der Waals surface area contributed by atoms with E-state index in [-0.39, 0.29) is 11.5 Å². The van der Waals surface area contributed by atoms with Crippen molar-refractivity contribution < 1.29 is 13.5 Å². The van der Waals surface area contributed by atoms with Gasteiger partial charge in [-0.3, -0.25) is 0 Å². The first-order valence-corrected chi connectivity index (χ1v) is 7.70. The number of hydrogen-bond acceptors (Lipinski definition) is 3. The largest absolute Gasteiger partial charge is 0.395 e. The van der Waals surface area contributed by atoms with Gasteiger partial charge in [0.15, 0.2) is 0 Å². The molecule has 104 valence electrons. The Hall–Kier alpha value is -1.35. The lowest BCUT2D eigenvalue weighted by Gasteiger charge is -2.18. The molecule has 0 heterocycles. The van der Waals surface area contributed by atoms with Crippen molar-refractivity contribution >= 4 is 10.0 Å². The summed E-state index contributed by atoms with van der Waals surface area (Å²) in [6.45, 7) is 4.57. The van der Waals surface area contributed by atoms with Crippen molar-refractivity contribution in [2.24, 2.45) is 0 Å². The van der Waals surface area contributed by atoms with Crippen molar-refractivity contribution in [1.29, 1.82) is 0 Å². The lowest BCUT2D eigenvalue weighted by Crippen LogP contribution is -2.30. The highest BCUT2D eigenvalue weighted by Gasteiger charge is 2.20. The highest BCUT2D eigenvalue weighted by atomic mass is 32.2. The van der Waals surface area contributed by atoms with E-state index in [4.69, 9.17) is 5.11 Å². The molecular weight excluding hydrogens is 262 g/mol. The molecule has 0 aliphatic carbocycles. The molecule has 0 fully saturated rings. The molecule has 0 saturated carbocycles. The minimum Gasteiger partial charge on any atom is -0.395 e. The molecule has 1 aromatic carbocycles. The summed E-state index contributed by atoms with van der Waals surface area (Å²) < 4.78 is 25.9. The molecular formula is C14H19NO3S. The van der Waals surface area contributed by atoms with Gasteiger partial charge in [-0.2, -0.15) is 4.31 Å². The van der Waals surface area contributed by atoms with Gasteiger partial charge in [0.05, 0.1) is 11.5 Å². The third-order valence-electron chi connectivity index (χ3n) is 2.67. The van der Waals surface area contributed by atoms with E-state index in [0.29, 0.717) is 19.5 Å². The summed E-state index contributed by atoms with van der Waals surface area (Å²) in [5, 5.41) is 8.62. The monoisotopic (exact) mass is 281 g/mol. The van der Waals surface area contributed by atoms with Crippen LogP contribution in [0.4, 0.5) is 0 Å². The number of benzene rings is 1. The Morgan fingerprint density at radius 2 is 1.74 bits per heavy atom. The van der Waals surface area contributed by atoms with Crippen LogP contribution in [0.5, 0.6) is 0 Å². The Balaban J connectivity index is 2.96. The van der Waals surface area contributed by atoms with Gasteiger partial charge in [-0.05, 0) is 24.3 Å². The zero-order valence-electron chi connectivity index (χ0n) is 11.3. The van der Waals surface area contributed by atoms with Crippen LogP contribution in [-0.4, -0.2) is 37.5 Å². The molecule has 0 atom stereocenters. The van der Waals surface area contributed by atoms with Gasteiger partial charge in [-0.25, -0.2) is 8.42 Å². The molecule has 0 unspecified atom stereocenters. The number of rotatable bonds is 5. The zero-order chi connectivity index (χ0) is 14.3. The van der Waals surface area contributed by atoms with E-state index in [1.165, 1.54) is 4.31 Å². The number of sulfonamides is 1. The highest BCUT2D eigenvalue weighted by molar-refractivity contribution is 7.89. The van der Waals surface area contributed by atoms with Gasteiger partial charge in [-0.15, -0.1) is 0 Å². The van der Waals surface area contributed by atoms with Crippen molar-refractivity contribution in [3.8, 4) is 11.8 Å². The van der Waals surface area contributed by atoms with Gasteiger partial charge < -0.3 is 5.11 Å². The normalized spacial score (nSPS) is 11.2. The fourth-order valence-corrected chi connectivity index (χ4v) is 3.10. The van der Waals surface area contributed by atoms with Gasteiger partial charge in [-0.1, -0.05) is 25.7 Å². The third kappa shape index (κ3) is 4.06. The molecule has 1 aromatic rings. The molecule has 19 heavy (non-hydrogen) atoms. The quantitative estimate of drug-likeness (QED) is 0.831. The number of aliphatic hydroxyl groups excluding tert-OH is 1.